The summed E-state index contributed by atoms with van der Waals surface area (Å²) < 4.78 is 27.6. The first-order valence-corrected chi connectivity index (χ1v) is 10.8. The van der Waals surface area contributed by atoms with Gasteiger partial charge in [-0.3, -0.25) is 9.69 Å². The predicted molar refractivity (Wildman–Crippen MR) is 113 cm³/mol. The van der Waals surface area contributed by atoms with Crippen molar-refractivity contribution in [2.75, 3.05) is 59.4 Å². The summed E-state index contributed by atoms with van der Waals surface area (Å²) in [7, 11) is 2.07. The number of piperidine rings is 1. The Hall–Kier alpha value is -1.57. The average Bonchev–Trinajstić information content (AvgIpc) is 2.74. The van der Waals surface area contributed by atoms with Crippen LogP contribution in [0.5, 0.6) is 0 Å². The molecule has 2 aliphatic heterocycles. The second kappa shape index (κ2) is 11.0. The van der Waals surface area contributed by atoms with E-state index in [9.17, 15) is 13.6 Å². The summed E-state index contributed by atoms with van der Waals surface area (Å²) in [5.41, 5.74) is -0.624. The highest BCUT2D eigenvalue weighted by molar-refractivity contribution is 5.95. The third-order valence-electron chi connectivity index (χ3n) is 5.93. The van der Waals surface area contributed by atoms with Crippen LogP contribution in [0.2, 0.25) is 0 Å². The van der Waals surface area contributed by atoms with E-state index in [0.29, 0.717) is 0 Å². The van der Waals surface area contributed by atoms with Gasteiger partial charge in [-0.05, 0) is 44.6 Å². The van der Waals surface area contributed by atoms with Crippen LogP contribution in [-0.4, -0.2) is 85.6 Å². The van der Waals surface area contributed by atoms with Crippen LogP contribution in [0.1, 0.15) is 44.0 Å². The molecular formula is C22H36F2N4O. The highest BCUT2D eigenvalue weighted by Gasteiger charge is 2.38. The van der Waals surface area contributed by atoms with Gasteiger partial charge in [0.05, 0.1) is 11.1 Å². The third kappa shape index (κ3) is 6.46. The molecule has 1 N–H and O–H groups in total. The molecule has 1 aromatic carbocycles. The maximum Gasteiger partial charge on any atom is 0.254 e. The standard InChI is InChI=1S/C20H30F2N4O.C2H6/c1-3-25-10-12-26(13-11-25)15-20(6-8-24(2)9-7-20)23-19(27)17-14-16(21)4-5-18(17)22;1-2/h4-5,14H,3,6-13,15H2,1-2H3,(H,23,27);1-2H3. The Kier molecular flexibility index (Phi) is 8.99. The lowest BCUT2D eigenvalue weighted by molar-refractivity contribution is 0.0601. The smallest absolute Gasteiger partial charge is 0.254 e. The molecule has 2 heterocycles. The van der Waals surface area contributed by atoms with Crippen LogP contribution in [0.15, 0.2) is 18.2 Å². The lowest BCUT2D eigenvalue weighted by atomic mass is 9.86. The van der Waals surface area contributed by atoms with Gasteiger partial charge in [0.25, 0.3) is 5.91 Å². The molecule has 0 aromatic heterocycles. The van der Waals surface area contributed by atoms with E-state index in [1.807, 2.05) is 13.8 Å². The van der Waals surface area contributed by atoms with Gasteiger partial charge in [-0.2, -0.15) is 0 Å². The van der Waals surface area contributed by atoms with Gasteiger partial charge >= 0.3 is 0 Å². The number of amides is 1. The lowest BCUT2D eigenvalue weighted by Gasteiger charge is -2.46. The fourth-order valence-electron chi connectivity index (χ4n) is 4.04. The van der Waals surface area contributed by atoms with Crippen molar-refractivity contribution < 1.29 is 13.6 Å². The van der Waals surface area contributed by atoms with Gasteiger partial charge in [-0.25, -0.2) is 8.78 Å². The van der Waals surface area contributed by atoms with Crippen molar-refractivity contribution in [3.63, 3.8) is 0 Å². The van der Waals surface area contributed by atoms with Gasteiger partial charge in [0.15, 0.2) is 0 Å². The number of nitrogens with zero attached hydrogens (tertiary/aromatic N) is 3. The van der Waals surface area contributed by atoms with Gasteiger partial charge in [0.2, 0.25) is 0 Å². The molecule has 164 valence electrons. The van der Waals surface area contributed by atoms with Crippen molar-refractivity contribution in [3.05, 3.63) is 35.4 Å². The number of hydrogen-bond acceptors (Lipinski definition) is 4. The molecule has 2 fully saturated rings. The first kappa shape index (κ1) is 23.7. The highest BCUT2D eigenvalue weighted by Crippen LogP contribution is 2.25. The summed E-state index contributed by atoms with van der Waals surface area (Å²) >= 11 is 0. The molecule has 0 atom stereocenters. The fraction of sp³-hybridized carbons (Fsp3) is 0.682. The number of likely N-dealkylation sites (N-methyl/N-ethyl adjacent to an activating group) is 1. The van der Waals surface area contributed by atoms with E-state index >= 15 is 0 Å². The second-order valence-corrected chi connectivity index (χ2v) is 7.87. The van der Waals surface area contributed by atoms with Crippen molar-refractivity contribution in [3.8, 4) is 0 Å². The van der Waals surface area contributed by atoms with Crippen LogP contribution < -0.4 is 5.32 Å². The Morgan fingerprint density at radius 1 is 1.03 bits per heavy atom. The number of rotatable bonds is 5. The Morgan fingerprint density at radius 2 is 1.62 bits per heavy atom. The zero-order valence-electron chi connectivity index (χ0n) is 18.3. The Bertz CT molecular complexity index is 654. The zero-order valence-corrected chi connectivity index (χ0v) is 18.3. The van der Waals surface area contributed by atoms with E-state index in [1.54, 1.807) is 0 Å². The van der Waals surface area contributed by atoms with E-state index < -0.39 is 23.1 Å². The Balaban J connectivity index is 0.00000145. The van der Waals surface area contributed by atoms with Crippen LogP contribution in [-0.2, 0) is 0 Å². The number of hydrogen-bond donors (Lipinski definition) is 1. The molecule has 1 amide bonds. The maximum absolute atomic E-state index is 14.1. The number of carbonyl (C=O) groups excluding carboxylic acids is 1. The van der Waals surface area contributed by atoms with E-state index in [-0.39, 0.29) is 5.56 Å². The second-order valence-electron chi connectivity index (χ2n) is 7.87. The van der Waals surface area contributed by atoms with Crippen molar-refractivity contribution in [1.82, 2.24) is 20.0 Å². The summed E-state index contributed by atoms with van der Waals surface area (Å²) in [6.07, 6.45) is 1.61. The predicted octanol–water partition coefficient (Wildman–Crippen LogP) is 2.82. The van der Waals surface area contributed by atoms with E-state index in [4.69, 9.17) is 0 Å². The van der Waals surface area contributed by atoms with E-state index in [1.165, 1.54) is 0 Å². The number of likely N-dealkylation sites (tertiary alicyclic amines) is 1. The first-order valence-electron chi connectivity index (χ1n) is 10.8. The van der Waals surface area contributed by atoms with Crippen LogP contribution >= 0.6 is 0 Å². The van der Waals surface area contributed by atoms with Gasteiger partial charge in [0, 0.05) is 45.8 Å². The van der Waals surface area contributed by atoms with Gasteiger partial charge in [0.1, 0.15) is 11.6 Å². The summed E-state index contributed by atoms with van der Waals surface area (Å²) in [6, 6.07) is 3.02. The van der Waals surface area contributed by atoms with Crippen molar-refractivity contribution >= 4 is 5.91 Å². The van der Waals surface area contributed by atoms with Gasteiger partial charge in [-0.15, -0.1) is 0 Å². The molecule has 0 unspecified atom stereocenters. The molecule has 2 aliphatic rings. The van der Waals surface area contributed by atoms with Crippen LogP contribution in [0.4, 0.5) is 8.78 Å². The highest BCUT2D eigenvalue weighted by atomic mass is 19.1. The number of carbonyl (C=O) groups is 1. The normalized spacial score (nSPS) is 20.6. The van der Waals surface area contributed by atoms with Crippen LogP contribution in [0.3, 0.4) is 0 Å². The number of benzene rings is 1. The van der Waals surface area contributed by atoms with E-state index in [0.717, 1.165) is 83.4 Å². The molecule has 2 saturated heterocycles. The zero-order chi connectivity index (χ0) is 21.4. The number of piperazine rings is 1. The Labute approximate surface area is 174 Å². The minimum Gasteiger partial charge on any atom is -0.345 e. The van der Waals surface area contributed by atoms with Gasteiger partial charge in [-0.1, -0.05) is 20.8 Å². The van der Waals surface area contributed by atoms with Crippen molar-refractivity contribution in [1.29, 1.82) is 0 Å². The minimum absolute atomic E-state index is 0.218. The van der Waals surface area contributed by atoms with Crippen LogP contribution in [0, 0.1) is 11.6 Å². The topological polar surface area (TPSA) is 38.8 Å². The largest absolute Gasteiger partial charge is 0.345 e. The summed E-state index contributed by atoms with van der Waals surface area (Å²) in [6.45, 7) is 13.7. The molecule has 0 saturated carbocycles. The maximum atomic E-state index is 14.1. The SMILES string of the molecule is CC.CCN1CCN(CC2(NC(=O)c3cc(F)ccc3F)CCN(C)CC2)CC1. The number of nitrogens with one attached hydrogen (secondary N) is 1. The van der Waals surface area contributed by atoms with Gasteiger partial charge < -0.3 is 15.1 Å². The monoisotopic (exact) mass is 410 g/mol. The third-order valence-corrected chi connectivity index (χ3v) is 5.93. The summed E-state index contributed by atoms with van der Waals surface area (Å²) in [4.78, 5) is 19.8. The summed E-state index contributed by atoms with van der Waals surface area (Å²) in [5, 5.41) is 3.08. The molecular weight excluding hydrogens is 374 g/mol. The molecule has 0 aliphatic carbocycles. The minimum atomic E-state index is -0.687. The number of halogens is 2. The Morgan fingerprint density at radius 3 is 2.21 bits per heavy atom. The molecule has 0 spiro atoms. The lowest BCUT2D eigenvalue weighted by Crippen LogP contribution is -2.62. The quantitative estimate of drug-likeness (QED) is 0.810. The molecule has 7 heteroatoms. The summed E-state index contributed by atoms with van der Waals surface area (Å²) in [5.74, 6) is -1.81. The molecule has 1 aromatic rings. The van der Waals surface area contributed by atoms with E-state index in [2.05, 4.69) is 34.0 Å². The van der Waals surface area contributed by atoms with Crippen molar-refractivity contribution in [2.24, 2.45) is 0 Å². The molecule has 3 rings (SSSR count). The average molecular weight is 411 g/mol. The first-order chi connectivity index (χ1) is 13.9. The molecule has 29 heavy (non-hydrogen) atoms. The molecule has 5 nitrogen and oxygen atoms in total. The fourth-order valence-corrected chi connectivity index (χ4v) is 4.04. The molecule has 0 bridgehead atoms. The van der Waals surface area contributed by atoms with Crippen LogP contribution in [0.25, 0.3) is 0 Å². The van der Waals surface area contributed by atoms with Crippen molar-refractivity contribution in [2.45, 2.75) is 39.2 Å². The molecule has 0 radical (unpaired) electrons.